The number of hydrogen-bond donors (Lipinski definition) is 1. The van der Waals surface area contributed by atoms with Crippen LogP contribution >= 0.6 is 0 Å². The molecule has 6 nitrogen and oxygen atoms in total. The van der Waals surface area contributed by atoms with Crippen molar-refractivity contribution in [3.63, 3.8) is 0 Å². The molecule has 0 aliphatic heterocycles. The van der Waals surface area contributed by atoms with E-state index in [1.165, 1.54) is 7.11 Å². The van der Waals surface area contributed by atoms with Gasteiger partial charge in [-0.3, -0.25) is 4.79 Å². The lowest BCUT2D eigenvalue weighted by molar-refractivity contribution is -0.128. The van der Waals surface area contributed by atoms with E-state index in [1.54, 1.807) is 31.1 Å². The highest BCUT2D eigenvalue weighted by molar-refractivity contribution is 5.86. The minimum atomic E-state index is -0.499. The summed E-state index contributed by atoms with van der Waals surface area (Å²) in [6, 6.07) is 3.22. The average molecular weight is 268 g/mol. The Kier molecular flexibility index (Phi) is 5.57. The molecular weight excluding hydrogens is 248 g/mol. The van der Waals surface area contributed by atoms with E-state index in [9.17, 15) is 9.59 Å². The summed E-state index contributed by atoms with van der Waals surface area (Å²) in [6.07, 6.45) is 0.419. The molecule has 6 heteroatoms. The minimum absolute atomic E-state index is 0.0643. The molecule has 1 atom stereocenters. The van der Waals surface area contributed by atoms with Crippen molar-refractivity contribution in [1.82, 2.24) is 10.2 Å². The molecule has 0 radical (unpaired) electrons. The van der Waals surface area contributed by atoms with Crippen molar-refractivity contribution >= 4 is 11.9 Å². The molecule has 0 aliphatic carbocycles. The van der Waals surface area contributed by atoms with Crippen LogP contribution in [0.1, 0.15) is 35.7 Å². The van der Waals surface area contributed by atoms with E-state index >= 15 is 0 Å². The Morgan fingerprint density at radius 3 is 2.68 bits per heavy atom. The monoisotopic (exact) mass is 268 g/mol. The summed E-state index contributed by atoms with van der Waals surface area (Å²) < 4.78 is 9.94. The first-order chi connectivity index (χ1) is 8.95. The van der Waals surface area contributed by atoms with E-state index in [0.29, 0.717) is 18.7 Å². The summed E-state index contributed by atoms with van der Waals surface area (Å²) in [5, 5.41) is 3.16. The summed E-state index contributed by atoms with van der Waals surface area (Å²) in [7, 11) is 4.75. The van der Waals surface area contributed by atoms with Crippen LogP contribution in [0, 0.1) is 0 Å². The third-order valence-corrected chi connectivity index (χ3v) is 2.73. The first kappa shape index (κ1) is 15.2. The molecule has 1 N–H and O–H groups in total. The zero-order valence-electron chi connectivity index (χ0n) is 11.7. The molecule has 0 aliphatic rings. The topological polar surface area (TPSA) is 71.8 Å². The summed E-state index contributed by atoms with van der Waals surface area (Å²) in [5.74, 6) is 0.379. The fraction of sp³-hybridized carbons (Fsp3) is 0.538. The molecule has 1 aromatic heterocycles. The quantitative estimate of drug-likeness (QED) is 0.785. The SMILES string of the molecule is COC(=O)c1ccc(C(C)NCCC(=O)N(C)C)o1. The lowest BCUT2D eigenvalue weighted by Crippen LogP contribution is -2.27. The third-order valence-electron chi connectivity index (χ3n) is 2.73. The first-order valence-corrected chi connectivity index (χ1v) is 6.07. The molecule has 106 valence electrons. The van der Waals surface area contributed by atoms with Crippen LogP contribution in [0.2, 0.25) is 0 Å². The Morgan fingerprint density at radius 2 is 2.11 bits per heavy atom. The van der Waals surface area contributed by atoms with E-state index in [1.807, 2.05) is 6.92 Å². The van der Waals surface area contributed by atoms with Crippen molar-refractivity contribution in [1.29, 1.82) is 0 Å². The maximum Gasteiger partial charge on any atom is 0.373 e. The van der Waals surface area contributed by atoms with Crippen LogP contribution in [-0.4, -0.2) is 44.5 Å². The summed E-state index contributed by atoms with van der Waals surface area (Å²) >= 11 is 0. The molecule has 0 spiro atoms. The van der Waals surface area contributed by atoms with Gasteiger partial charge < -0.3 is 19.4 Å². The van der Waals surface area contributed by atoms with E-state index in [2.05, 4.69) is 10.1 Å². The van der Waals surface area contributed by atoms with Gasteiger partial charge in [0.15, 0.2) is 0 Å². The van der Waals surface area contributed by atoms with Gasteiger partial charge in [-0.2, -0.15) is 0 Å². The number of nitrogens with zero attached hydrogens (tertiary/aromatic N) is 1. The van der Waals surface area contributed by atoms with E-state index in [0.717, 1.165) is 0 Å². The minimum Gasteiger partial charge on any atom is -0.463 e. The predicted octanol–water partition coefficient (Wildman–Crippen LogP) is 1.20. The van der Waals surface area contributed by atoms with Crippen LogP contribution in [-0.2, 0) is 9.53 Å². The Labute approximate surface area is 112 Å². The number of hydrogen-bond acceptors (Lipinski definition) is 5. The van der Waals surface area contributed by atoms with Crippen molar-refractivity contribution in [3.05, 3.63) is 23.7 Å². The smallest absolute Gasteiger partial charge is 0.373 e. The van der Waals surface area contributed by atoms with Crippen molar-refractivity contribution in [2.75, 3.05) is 27.7 Å². The predicted molar refractivity (Wildman–Crippen MR) is 69.8 cm³/mol. The molecule has 1 heterocycles. The number of esters is 1. The number of furan rings is 1. The van der Waals surface area contributed by atoms with Gasteiger partial charge in [0.1, 0.15) is 5.76 Å². The molecule has 0 aromatic carbocycles. The maximum absolute atomic E-state index is 11.4. The largest absolute Gasteiger partial charge is 0.463 e. The Morgan fingerprint density at radius 1 is 1.42 bits per heavy atom. The van der Waals surface area contributed by atoms with Gasteiger partial charge in [0.25, 0.3) is 0 Å². The van der Waals surface area contributed by atoms with Gasteiger partial charge >= 0.3 is 5.97 Å². The van der Waals surface area contributed by atoms with Crippen LogP contribution in [0.4, 0.5) is 0 Å². The molecule has 1 rings (SSSR count). The Hall–Kier alpha value is -1.82. The Bertz CT molecular complexity index is 440. The highest BCUT2D eigenvalue weighted by Crippen LogP contribution is 2.16. The number of ether oxygens (including phenoxy) is 1. The highest BCUT2D eigenvalue weighted by atomic mass is 16.5. The molecule has 1 aromatic rings. The van der Waals surface area contributed by atoms with Gasteiger partial charge in [-0.05, 0) is 19.1 Å². The zero-order valence-corrected chi connectivity index (χ0v) is 11.7. The van der Waals surface area contributed by atoms with Crippen molar-refractivity contribution < 1.29 is 18.7 Å². The van der Waals surface area contributed by atoms with Gasteiger partial charge in [0, 0.05) is 27.1 Å². The first-order valence-electron chi connectivity index (χ1n) is 6.07. The van der Waals surface area contributed by atoms with Crippen LogP contribution in [0.3, 0.4) is 0 Å². The molecule has 1 unspecified atom stereocenters. The average Bonchev–Trinajstić information content (AvgIpc) is 2.86. The van der Waals surface area contributed by atoms with Crippen LogP contribution in [0.25, 0.3) is 0 Å². The normalized spacial score (nSPS) is 12.0. The van der Waals surface area contributed by atoms with Gasteiger partial charge in [0.05, 0.1) is 13.2 Å². The third kappa shape index (κ3) is 4.40. The van der Waals surface area contributed by atoms with Crippen molar-refractivity contribution in [3.8, 4) is 0 Å². The molecule has 19 heavy (non-hydrogen) atoms. The lowest BCUT2D eigenvalue weighted by Gasteiger charge is -2.13. The second-order valence-electron chi connectivity index (χ2n) is 4.41. The van der Waals surface area contributed by atoms with E-state index in [4.69, 9.17) is 4.42 Å². The van der Waals surface area contributed by atoms with Crippen LogP contribution in [0.5, 0.6) is 0 Å². The molecule has 0 bridgehead atoms. The molecule has 1 amide bonds. The second-order valence-corrected chi connectivity index (χ2v) is 4.41. The number of carbonyl (C=O) groups is 2. The maximum atomic E-state index is 11.4. The number of amides is 1. The number of carbonyl (C=O) groups excluding carboxylic acids is 2. The number of rotatable bonds is 6. The molecular formula is C13H20N2O4. The summed E-state index contributed by atoms with van der Waals surface area (Å²) in [4.78, 5) is 24.2. The zero-order chi connectivity index (χ0) is 14.4. The van der Waals surface area contributed by atoms with Gasteiger partial charge in [0.2, 0.25) is 11.7 Å². The van der Waals surface area contributed by atoms with Crippen molar-refractivity contribution in [2.45, 2.75) is 19.4 Å². The fourth-order valence-corrected chi connectivity index (χ4v) is 1.52. The van der Waals surface area contributed by atoms with Crippen LogP contribution < -0.4 is 5.32 Å². The summed E-state index contributed by atoms with van der Waals surface area (Å²) in [5.41, 5.74) is 0. The molecule has 0 saturated heterocycles. The standard InChI is InChI=1S/C13H20N2O4/c1-9(14-8-7-12(16)15(2)3)10-5-6-11(19-10)13(17)18-4/h5-6,9,14H,7-8H2,1-4H3. The lowest BCUT2D eigenvalue weighted by atomic mass is 10.2. The van der Waals surface area contributed by atoms with E-state index < -0.39 is 5.97 Å². The van der Waals surface area contributed by atoms with E-state index in [-0.39, 0.29) is 17.7 Å². The van der Waals surface area contributed by atoms with Gasteiger partial charge in [-0.25, -0.2) is 4.79 Å². The van der Waals surface area contributed by atoms with Crippen molar-refractivity contribution in [2.24, 2.45) is 0 Å². The highest BCUT2D eigenvalue weighted by Gasteiger charge is 2.15. The fourth-order valence-electron chi connectivity index (χ4n) is 1.52. The van der Waals surface area contributed by atoms with Crippen LogP contribution in [0.15, 0.2) is 16.5 Å². The number of nitrogens with one attached hydrogen (secondary N) is 1. The molecule has 0 fully saturated rings. The van der Waals surface area contributed by atoms with Gasteiger partial charge in [-0.1, -0.05) is 0 Å². The number of methoxy groups -OCH3 is 1. The van der Waals surface area contributed by atoms with Gasteiger partial charge in [-0.15, -0.1) is 0 Å². The summed E-state index contributed by atoms with van der Waals surface area (Å²) in [6.45, 7) is 2.45. The second kappa shape index (κ2) is 6.94. The molecule has 0 saturated carbocycles. The Balaban J connectivity index is 2.45.